The van der Waals surface area contributed by atoms with Gasteiger partial charge in [0.1, 0.15) is 15.8 Å². The number of nitrogens with zero attached hydrogens (tertiary/aromatic N) is 1. The van der Waals surface area contributed by atoms with E-state index in [-0.39, 0.29) is 11.9 Å². The summed E-state index contributed by atoms with van der Waals surface area (Å²) in [6, 6.07) is 7.64. The van der Waals surface area contributed by atoms with E-state index in [9.17, 15) is 4.79 Å². The van der Waals surface area contributed by atoms with Crippen molar-refractivity contribution >= 4 is 40.3 Å². The summed E-state index contributed by atoms with van der Waals surface area (Å²) < 4.78 is 23.0. The first-order chi connectivity index (χ1) is 15.5. The lowest BCUT2D eigenvalue weighted by molar-refractivity contribution is -0.124. The molecule has 0 radical (unpaired) electrons. The molecule has 0 spiro atoms. The number of hydrogen-bond donors (Lipinski definition) is 0. The molecule has 3 fully saturated rings. The molecule has 3 aliphatic rings. The molecule has 6 nitrogen and oxygen atoms in total. The summed E-state index contributed by atoms with van der Waals surface area (Å²) in [6.45, 7) is 0. The number of thiocarbonyl (C=S) groups is 1. The van der Waals surface area contributed by atoms with Gasteiger partial charge < -0.3 is 18.6 Å². The van der Waals surface area contributed by atoms with E-state index < -0.39 is 0 Å². The van der Waals surface area contributed by atoms with E-state index in [1.807, 2.05) is 29.2 Å². The molecule has 1 amide bonds. The van der Waals surface area contributed by atoms with E-state index in [0.717, 1.165) is 17.9 Å². The number of carbonyl (C=O) groups excluding carboxylic acids is 1. The Kier molecular flexibility index (Phi) is 5.67. The van der Waals surface area contributed by atoms with Crippen molar-refractivity contribution in [2.24, 2.45) is 11.8 Å². The lowest BCUT2D eigenvalue weighted by Gasteiger charge is -2.30. The van der Waals surface area contributed by atoms with Crippen LogP contribution in [-0.4, -0.2) is 42.5 Å². The number of thioether (sulfide) groups is 1. The first kappa shape index (κ1) is 21.4. The normalized spacial score (nSPS) is 25.8. The van der Waals surface area contributed by atoms with Gasteiger partial charge in [0.15, 0.2) is 11.5 Å². The van der Waals surface area contributed by atoms with Gasteiger partial charge in [0.05, 0.1) is 26.2 Å². The Morgan fingerprint density at radius 1 is 1.09 bits per heavy atom. The van der Waals surface area contributed by atoms with Crippen molar-refractivity contribution in [3.05, 3.63) is 34.9 Å². The average molecular weight is 472 g/mol. The van der Waals surface area contributed by atoms with Crippen LogP contribution < -0.4 is 14.2 Å². The quantitative estimate of drug-likeness (QED) is 0.415. The first-order valence-electron chi connectivity index (χ1n) is 10.7. The molecular weight excluding hydrogens is 446 g/mol. The van der Waals surface area contributed by atoms with E-state index in [4.69, 9.17) is 30.8 Å². The van der Waals surface area contributed by atoms with Gasteiger partial charge in [-0.1, -0.05) is 30.4 Å². The minimum absolute atomic E-state index is 0.00304. The highest BCUT2D eigenvalue weighted by molar-refractivity contribution is 8.26. The van der Waals surface area contributed by atoms with Crippen molar-refractivity contribution in [3.63, 3.8) is 0 Å². The summed E-state index contributed by atoms with van der Waals surface area (Å²) in [5.41, 5.74) is 0.786. The molecule has 1 aromatic carbocycles. The number of hydrogen-bond acceptors (Lipinski definition) is 7. The molecule has 1 aromatic heterocycles. The maximum Gasteiger partial charge on any atom is 0.266 e. The molecule has 3 atom stereocenters. The predicted octanol–water partition coefficient (Wildman–Crippen LogP) is 5.36. The van der Waals surface area contributed by atoms with Crippen LogP contribution in [0, 0.1) is 11.8 Å². The molecule has 2 bridgehead atoms. The number of carbonyl (C=O) groups is 1. The van der Waals surface area contributed by atoms with E-state index in [0.29, 0.717) is 43.9 Å². The molecule has 1 saturated heterocycles. The molecule has 2 heterocycles. The van der Waals surface area contributed by atoms with E-state index in [2.05, 4.69) is 0 Å². The van der Waals surface area contributed by atoms with E-state index >= 15 is 0 Å². The molecule has 0 N–H and O–H groups in total. The predicted molar refractivity (Wildman–Crippen MR) is 128 cm³/mol. The third-order valence-electron chi connectivity index (χ3n) is 6.71. The van der Waals surface area contributed by atoms with Crippen LogP contribution in [0.5, 0.6) is 17.2 Å². The van der Waals surface area contributed by atoms with E-state index in [1.165, 1.54) is 31.0 Å². The fourth-order valence-electron chi connectivity index (χ4n) is 5.23. The Bertz CT molecular complexity index is 1080. The summed E-state index contributed by atoms with van der Waals surface area (Å²) >= 11 is 6.95. The van der Waals surface area contributed by atoms with Crippen molar-refractivity contribution in [3.8, 4) is 28.6 Å². The minimum atomic E-state index is 0.00304. The summed E-state index contributed by atoms with van der Waals surface area (Å²) in [4.78, 5) is 15.6. The zero-order chi connectivity index (χ0) is 22.4. The lowest BCUT2D eigenvalue weighted by atomic mass is 9.94. The van der Waals surface area contributed by atoms with Crippen molar-refractivity contribution < 1.29 is 23.4 Å². The van der Waals surface area contributed by atoms with Crippen molar-refractivity contribution in [1.29, 1.82) is 0 Å². The molecule has 8 heteroatoms. The van der Waals surface area contributed by atoms with Crippen LogP contribution in [0.1, 0.15) is 31.4 Å². The molecule has 3 unspecified atom stereocenters. The molecule has 2 aliphatic carbocycles. The third kappa shape index (κ3) is 3.59. The summed E-state index contributed by atoms with van der Waals surface area (Å²) in [7, 11) is 4.72. The van der Waals surface area contributed by atoms with Gasteiger partial charge in [-0.05, 0) is 55.4 Å². The first-order valence-corrected chi connectivity index (χ1v) is 11.9. The number of furan rings is 1. The smallest absolute Gasteiger partial charge is 0.266 e. The van der Waals surface area contributed by atoms with Crippen LogP contribution in [-0.2, 0) is 4.79 Å². The second-order valence-corrected chi connectivity index (χ2v) is 10.1. The standard InChI is InChI=1S/C24H25NO5S2/c1-27-19-10-15(11-20(28-2)22(19)29-3)18-7-6-16(30-18)12-21-23(26)25(24(31)32-21)17-9-13-4-5-14(17)8-13/h6-7,10-14,17H,4-5,8-9H2,1-3H3/b21-12-. The van der Waals surface area contributed by atoms with E-state index in [1.54, 1.807) is 27.4 Å². The maximum atomic E-state index is 13.2. The second-order valence-electron chi connectivity index (χ2n) is 8.41. The third-order valence-corrected chi connectivity index (χ3v) is 8.04. The van der Waals surface area contributed by atoms with Gasteiger partial charge in [-0.2, -0.15) is 0 Å². The van der Waals surface area contributed by atoms with Crippen LogP contribution in [0.3, 0.4) is 0 Å². The lowest BCUT2D eigenvalue weighted by Crippen LogP contribution is -2.41. The second kappa shape index (κ2) is 8.48. The van der Waals surface area contributed by atoms with Gasteiger partial charge in [0, 0.05) is 17.7 Å². The Labute approximate surface area is 196 Å². The van der Waals surface area contributed by atoms with Crippen molar-refractivity contribution in [2.45, 2.75) is 31.7 Å². The van der Waals surface area contributed by atoms with Gasteiger partial charge in [0.25, 0.3) is 5.91 Å². The molecule has 168 valence electrons. The minimum Gasteiger partial charge on any atom is -0.493 e. The van der Waals surface area contributed by atoms with Gasteiger partial charge in [0.2, 0.25) is 5.75 Å². The van der Waals surface area contributed by atoms with Crippen LogP contribution in [0.25, 0.3) is 17.4 Å². The highest BCUT2D eigenvalue weighted by Crippen LogP contribution is 2.49. The van der Waals surface area contributed by atoms with Crippen LogP contribution >= 0.6 is 24.0 Å². The van der Waals surface area contributed by atoms with Gasteiger partial charge in [-0.15, -0.1) is 0 Å². The number of amides is 1. The molecule has 32 heavy (non-hydrogen) atoms. The fraction of sp³-hybridized carbons (Fsp3) is 0.417. The van der Waals surface area contributed by atoms with Crippen LogP contribution in [0.15, 0.2) is 33.6 Å². The topological polar surface area (TPSA) is 61.1 Å². The average Bonchev–Trinajstić information content (AvgIpc) is 3.58. The molecule has 1 aliphatic heterocycles. The van der Waals surface area contributed by atoms with Crippen LogP contribution in [0.2, 0.25) is 0 Å². The Morgan fingerprint density at radius 3 is 2.44 bits per heavy atom. The zero-order valence-corrected chi connectivity index (χ0v) is 19.9. The molecule has 5 rings (SSSR count). The maximum absolute atomic E-state index is 13.2. The molecule has 2 aromatic rings. The molecule has 2 saturated carbocycles. The fourth-order valence-corrected chi connectivity index (χ4v) is 6.58. The Hall–Kier alpha value is -2.45. The number of rotatable bonds is 6. The largest absolute Gasteiger partial charge is 0.493 e. The highest BCUT2D eigenvalue weighted by atomic mass is 32.2. The number of ether oxygens (including phenoxy) is 3. The molecular formula is C24H25NO5S2. The van der Waals surface area contributed by atoms with Crippen molar-refractivity contribution in [1.82, 2.24) is 4.90 Å². The summed E-state index contributed by atoms with van der Waals surface area (Å²) in [5.74, 6) is 4.21. The van der Waals surface area contributed by atoms with Gasteiger partial charge >= 0.3 is 0 Å². The van der Waals surface area contributed by atoms with Crippen LogP contribution in [0.4, 0.5) is 0 Å². The zero-order valence-electron chi connectivity index (χ0n) is 18.3. The van der Waals surface area contributed by atoms with Gasteiger partial charge in [-0.25, -0.2) is 0 Å². The monoisotopic (exact) mass is 471 g/mol. The summed E-state index contributed by atoms with van der Waals surface area (Å²) in [6.07, 6.45) is 6.60. The number of fused-ring (bicyclic) bond motifs is 2. The highest BCUT2D eigenvalue weighted by Gasteiger charge is 2.48. The van der Waals surface area contributed by atoms with Gasteiger partial charge in [-0.3, -0.25) is 9.69 Å². The Balaban J connectivity index is 1.40. The van der Waals surface area contributed by atoms with Crippen molar-refractivity contribution in [2.75, 3.05) is 21.3 Å². The SMILES string of the molecule is COc1cc(-c2ccc(/C=C3\SC(=S)N(C4CC5CCC4C5)C3=O)o2)cc(OC)c1OC. The number of benzene rings is 1. The number of methoxy groups -OCH3 is 3. The summed E-state index contributed by atoms with van der Waals surface area (Å²) in [5, 5.41) is 0. The Morgan fingerprint density at radius 2 is 1.84 bits per heavy atom.